The predicted molar refractivity (Wildman–Crippen MR) is 175 cm³/mol. The van der Waals surface area contributed by atoms with Crippen LogP contribution in [0.2, 0.25) is 5.02 Å². The molecule has 2 N–H and O–H groups in total. The van der Waals surface area contributed by atoms with Gasteiger partial charge in [-0.15, -0.1) is 0 Å². The summed E-state index contributed by atoms with van der Waals surface area (Å²) in [6.07, 6.45) is 3.43. The van der Waals surface area contributed by atoms with Gasteiger partial charge in [0.05, 0.1) is 38.1 Å². The van der Waals surface area contributed by atoms with Crippen LogP contribution in [0.4, 0.5) is 5.69 Å². The molecule has 43 heavy (non-hydrogen) atoms. The number of halogens is 1. The molecule has 0 aromatic heterocycles. The van der Waals surface area contributed by atoms with Crippen molar-refractivity contribution in [1.29, 1.82) is 5.41 Å². The van der Waals surface area contributed by atoms with Gasteiger partial charge in [0, 0.05) is 41.4 Å². The molecule has 3 unspecified atom stereocenters. The number of ether oxygens (including phenoxy) is 3. The second kappa shape index (κ2) is 15.3. The van der Waals surface area contributed by atoms with Crippen LogP contribution in [-0.2, 0) is 33.8 Å². The number of rotatable bonds is 13. The third-order valence-corrected chi connectivity index (χ3v) is 8.02. The van der Waals surface area contributed by atoms with Crippen molar-refractivity contribution in [2.45, 2.75) is 70.7 Å². The Morgan fingerprint density at radius 1 is 0.884 bits per heavy atom. The number of anilines is 1. The van der Waals surface area contributed by atoms with Crippen molar-refractivity contribution < 1.29 is 14.2 Å². The number of hydrogen-bond acceptors (Lipinski definition) is 5. The third kappa shape index (κ3) is 9.01. The predicted octanol–water partition coefficient (Wildman–Crippen LogP) is 8.77. The molecule has 1 fully saturated rings. The molecule has 0 spiro atoms. The van der Waals surface area contributed by atoms with Crippen LogP contribution in [0.15, 0.2) is 97.1 Å². The SMILES string of the molecule is CC(C)Nc1ccc(Cc2cc(C3CC(OCc4ccccc4)CC(COCc4ccccc4)O3)ccc2Cl)cc1C=N. The molecule has 4 aromatic carbocycles. The number of hydrogen-bond donors (Lipinski definition) is 2. The molecule has 1 heterocycles. The lowest BCUT2D eigenvalue weighted by atomic mass is 9.93. The van der Waals surface area contributed by atoms with Crippen LogP contribution in [0.25, 0.3) is 0 Å². The molecule has 6 heteroatoms. The van der Waals surface area contributed by atoms with Gasteiger partial charge >= 0.3 is 0 Å². The van der Waals surface area contributed by atoms with E-state index in [9.17, 15) is 0 Å². The Hall–Kier alpha value is -3.48. The van der Waals surface area contributed by atoms with E-state index in [0.717, 1.165) is 56.9 Å². The first-order valence-electron chi connectivity index (χ1n) is 15.1. The Morgan fingerprint density at radius 3 is 2.30 bits per heavy atom. The third-order valence-electron chi connectivity index (χ3n) is 7.66. The maximum atomic E-state index is 7.91. The van der Waals surface area contributed by atoms with Gasteiger partial charge in [0.25, 0.3) is 0 Å². The highest BCUT2D eigenvalue weighted by molar-refractivity contribution is 6.31. The summed E-state index contributed by atoms with van der Waals surface area (Å²) >= 11 is 6.72. The van der Waals surface area contributed by atoms with E-state index in [0.29, 0.717) is 32.3 Å². The lowest BCUT2D eigenvalue weighted by molar-refractivity contribution is -0.142. The number of nitrogens with one attached hydrogen (secondary N) is 2. The summed E-state index contributed by atoms with van der Waals surface area (Å²) in [7, 11) is 0. The van der Waals surface area contributed by atoms with Crippen molar-refractivity contribution in [2.24, 2.45) is 0 Å². The first-order chi connectivity index (χ1) is 21.0. The molecule has 4 aromatic rings. The molecular weight excluding hydrogens is 556 g/mol. The van der Waals surface area contributed by atoms with Gasteiger partial charge in [-0.1, -0.05) is 90.5 Å². The van der Waals surface area contributed by atoms with Gasteiger partial charge in [0.2, 0.25) is 0 Å². The van der Waals surface area contributed by atoms with Crippen molar-refractivity contribution in [2.75, 3.05) is 11.9 Å². The Kier molecular flexibility index (Phi) is 11.0. The van der Waals surface area contributed by atoms with Crippen molar-refractivity contribution in [3.05, 3.63) is 135 Å². The molecule has 0 bridgehead atoms. The van der Waals surface area contributed by atoms with Crippen molar-refractivity contribution in [3.8, 4) is 0 Å². The zero-order chi connectivity index (χ0) is 30.0. The van der Waals surface area contributed by atoms with Crippen LogP contribution in [0.3, 0.4) is 0 Å². The average Bonchev–Trinajstić information content (AvgIpc) is 3.02. The van der Waals surface area contributed by atoms with Crippen LogP contribution < -0.4 is 5.32 Å². The van der Waals surface area contributed by atoms with Gasteiger partial charge in [-0.25, -0.2) is 0 Å². The fraction of sp³-hybridized carbons (Fsp3) is 0.324. The van der Waals surface area contributed by atoms with E-state index in [2.05, 4.69) is 67.7 Å². The molecule has 1 aliphatic heterocycles. The molecule has 1 saturated heterocycles. The molecular formula is C37H41ClN2O3. The van der Waals surface area contributed by atoms with Crippen LogP contribution in [0.5, 0.6) is 0 Å². The van der Waals surface area contributed by atoms with E-state index < -0.39 is 0 Å². The molecule has 5 rings (SSSR count). The Bertz CT molecular complexity index is 1460. The lowest BCUT2D eigenvalue weighted by Crippen LogP contribution is -2.35. The van der Waals surface area contributed by atoms with Crippen LogP contribution in [0.1, 0.15) is 66.2 Å². The lowest BCUT2D eigenvalue weighted by Gasteiger charge is -2.36. The summed E-state index contributed by atoms with van der Waals surface area (Å²) in [5.41, 5.74) is 7.37. The zero-order valence-corrected chi connectivity index (χ0v) is 25.7. The van der Waals surface area contributed by atoms with Crippen molar-refractivity contribution >= 4 is 23.5 Å². The van der Waals surface area contributed by atoms with Gasteiger partial charge in [-0.05, 0) is 66.3 Å². The molecule has 0 amide bonds. The quantitative estimate of drug-likeness (QED) is 0.151. The smallest absolute Gasteiger partial charge is 0.0854 e. The molecule has 0 saturated carbocycles. The van der Waals surface area contributed by atoms with Gasteiger partial charge in [-0.2, -0.15) is 0 Å². The monoisotopic (exact) mass is 596 g/mol. The highest BCUT2D eigenvalue weighted by atomic mass is 35.5. The fourth-order valence-electron chi connectivity index (χ4n) is 5.53. The van der Waals surface area contributed by atoms with Crippen LogP contribution in [-0.4, -0.2) is 31.1 Å². The van der Waals surface area contributed by atoms with Gasteiger partial charge < -0.3 is 24.9 Å². The molecule has 5 nitrogen and oxygen atoms in total. The summed E-state index contributed by atoms with van der Waals surface area (Å²) in [5.74, 6) is 0. The second-order valence-corrected chi connectivity index (χ2v) is 11.9. The standard InChI is InChI=1S/C37H41ClN2O3/c1-26(2)40-36-16-13-29(18-32(36)22-39)17-31-19-30(14-15-35(31)38)37-21-33(42-24-28-11-7-4-8-12-28)20-34(43-37)25-41-23-27-9-5-3-6-10-27/h3-16,18-19,22,26,33-34,37,39-40H,17,20-21,23-25H2,1-2H3. The van der Waals surface area contributed by atoms with Gasteiger partial charge in [-0.3, -0.25) is 0 Å². The summed E-state index contributed by atoms with van der Waals surface area (Å²) < 4.78 is 19.2. The minimum absolute atomic E-state index is 0.0413. The molecule has 3 atom stereocenters. The van der Waals surface area contributed by atoms with Crippen LogP contribution >= 0.6 is 11.6 Å². The Labute approximate surface area is 260 Å². The summed E-state index contributed by atoms with van der Waals surface area (Å²) in [6.45, 7) is 5.81. The fourth-order valence-corrected chi connectivity index (χ4v) is 5.72. The summed E-state index contributed by atoms with van der Waals surface area (Å²) in [6, 6.07) is 33.2. The maximum Gasteiger partial charge on any atom is 0.0854 e. The van der Waals surface area contributed by atoms with E-state index in [4.69, 9.17) is 31.2 Å². The van der Waals surface area contributed by atoms with Crippen LogP contribution in [0, 0.1) is 5.41 Å². The molecule has 0 radical (unpaired) electrons. The summed E-state index contributed by atoms with van der Waals surface area (Å²) in [4.78, 5) is 0. The van der Waals surface area contributed by atoms with E-state index >= 15 is 0 Å². The topological polar surface area (TPSA) is 63.6 Å². The van der Waals surface area contributed by atoms with E-state index in [-0.39, 0.29) is 18.3 Å². The first-order valence-corrected chi connectivity index (χ1v) is 15.5. The molecule has 224 valence electrons. The second-order valence-electron chi connectivity index (χ2n) is 11.5. The highest BCUT2D eigenvalue weighted by Crippen LogP contribution is 2.36. The zero-order valence-electron chi connectivity index (χ0n) is 25.0. The number of benzene rings is 4. The van der Waals surface area contributed by atoms with Crippen molar-refractivity contribution in [1.82, 2.24) is 0 Å². The Morgan fingerprint density at radius 2 is 1.60 bits per heavy atom. The summed E-state index contributed by atoms with van der Waals surface area (Å²) in [5, 5.41) is 12.0. The normalized spacial score (nSPS) is 18.5. The van der Waals surface area contributed by atoms with Gasteiger partial charge in [0.15, 0.2) is 0 Å². The van der Waals surface area contributed by atoms with E-state index in [1.165, 1.54) is 6.21 Å². The van der Waals surface area contributed by atoms with E-state index in [1.807, 2.05) is 48.5 Å². The molecule has 0 aliphatic carbocycles. The minimum atomic E-state index is -0.134. The maximum absolute atomic E-state index is 7.91. The average molecular weight is 597 g/mol. The van der Waals surface area contributed by atoms with Crippen molar-refractivity contribution in [3.63, 3.8) is 0 Å². The highest BCUT2D eigenvalue weighted by Gasteiger charge is 2.31. The minimum Gasteiger partial charge on any atom is -0.382 e. The largest absolute Gasteiger partial charge is 0.382 e. The first kappa shape index (κ1) is 31.0. The molecule has 1 aliphatic rings. The Balaban J connectivity index is 1.31. The van der Waals surface area contributed by atoms with Gasteiger partial charge in [0.1, 0.15) is 0 Å². The van der Waals surface area contributed by atoms with E-state index in [1.54, 1.807) is 0 Å².